The smallest absolute Gasteiger partial charge is 0.326 e. The zero-order valence-corrected chi connectivity index (χ0v) is 14.5. The summed E-state index contributed by atoms with van der Waals surface area (Å²) in [5.74, 6) is -0.751. The van der Waals surface area contributed by atoms with E-state index in [1.54, 1.807) is 6.20 Å². The summed E-state index contributed by atoms with van der Waals surface area (Å²) < 4.78 is 1.83. The largest absolute Gasteiger partial charge is 0.480 e. The summed E-state index contributed by atoms with van der Waals surface area (Å²) in [5.41, 5.74) is 2.17. The summed E-state index contributed by atoms with van der Waals surface area (Å²) in [7, 11) is 0. The van der Waals surface area contributed by atoms with Gasteiger partial charge in [-0.25, -0.2) is 14.5 Å². The Morgan fingerprint density at radius 2 is 2.04 bits per heavy atom. The quantitative estimate of drug-likeness (QED) is 0.922. The number of pyridine rings is 1. The molecule has 4 rings (SSSR count). The van der Waals surface area contributed by atoms with Gasteiger partial charge in [0.1, 0.15) is 6.04 Å². The Morgan fingerprint density at radius 1 is 1.28 bits per heavy atom. The van der Waals surface area contributed by atoms with Crippen LogP contribution >= 0.6 is 0 Å². The summed E-state index contributed by atoms with van der Waals surface area (Å²) in [4.78, 5) is 30.9. The second-order valence-corrected chi connectivity index (χ2v) is 7.28. The van der Waals surface area contributed by atoms with Gasteiger partial charge in [0.2, 0.25) is 0 Å². The lowest BCUT2D eigenvalue weighted by Gasteiger charge is -2.22. The molecule has 1 saturated heterocycles. The highest BCUT2D eigenvalue weighted by Crippen LogP contribution is 2.40. The molecule has 2 aliphatic rings. The predicted molar refractivity (Wildman–Crippen MR) is 91.6 cm³/mol. The number of carbonyl (C=O) groups excluding carboxylic acids is 1. The van der Waals surface area contributed by atoms with E-state index < -0.39 is 12.0 Å². The fourth-order valence-electron chi connectivity index (χ4n) is 3.60. The van der Waals surface area contributed by atoms with Crippen LogP contribution in [0.2, 0.25) is 0 Å². The summed E-state index contributed by atoms with van der Waals surface area (Å²) in [5, 5.41) is 14.5. The van der Waals surface area contributed by atoms with Gasteiger partial charge >= 0.3 is 5.97 Å². The van der Waals surface area contributed by atoms with E-state index in [0.29, 0.717) is 35.5 Å². The van der Waals surface area contributed by atoms with E-state index >= 15 is 0 Å². The maximum absolute atomic E-state index is 13.1. The summed E-state index contributed by atoms with van der Waals surface area (Å²) in [6.45, 7) is 4.54. The van der Waals surface area contributed by atoms with Crippen molar-refractivity contribution in [2.75, 3.05) is 6.54 Å². The predicted octanol–water partition coefficient (Wildman–Crippen LogP) is 2.58. The minimum Gasteiger partial charge on any atom is -0.480 e. The summed E-state index contributed by atoms with van der Waals surface area (Å²) in [6.07, 6.45) is 5.08. The molecule has 3 heterocycles. The number of nitrogens with zero attached hydrogens (tertiary/aromatic N) is 4. The Bertz CT molecular complexity index is 853. The van der Waals surface area contributed by atoms with Crippen LogP contribution < -0.4 is 0 Å². The van der Waals surface area contributed by atoms with Gasteiger partial charge in [0.05, 0.1) is 17.1 Å². The molecule has 0 unspecified atom stereocenters. The maximum Gasteiger partial charge on any atom is 0.326 e. The number of hydrogen-bond donors (Lipinski definition) is 1. The van der Waals surface area contributed by atoms with Gasteiger partial charge in [0, 0.05) is 24.2 Å². The zero-order valence-electron chi connectivity index (χ0n) is 14.5. The second-order valence-electron chi connectivity index (χ2n) is 7.28. The van der Waals surface area contributed by atoms with Crippen LogP contribution in [0.15, 0.2) is 12.3 Å². The molecule has 0 radical (unpaired) electrons. The molecule has 2 aromatic heterocycles. The molecule has 2 fully saturated rings. The molecular weight excluding hydrogens is 320 g/mol. The van der Waals surface area contributed by atoms with Crippen LogP contribution in [0.4, 0.5) is 0 Å². The monoisotopic (exact) mass is 342 g/mol. The lowest BCUT2D eigenvalue weighted by Crippen LogP contribution is -2.40. The molecule has 1 saturated carbocycles. The van der Waals surface area contributed by atoms with E-state index in [0.717, 1.165) is 25.0 Å². The van der Waals surface area contributed by atoms with Gasteiger partial charge in [0.15, 0.2) is 5.65 Å². The molecule has 1 aliphatic heterocycles. The van der Waals surface area contributed by atoms with Crippen molar-refractivity contribution < 1.29 is 14.7 Å². The Kier molecular flexibility index (Phi) is 3.74. The van der Waals surface area contributed by atoms with Crippen molar-refractivity contribution in [1.82, 2.24) is 19.7 Å². The average molecular weight is 342 g/mol. The van der Waals surface area contributed by atoms with Crippen LogP contribution in [-0.4, -0.2) is 49.2 Å². The van der Waals surface area contributed by atoms with Crippen molar-refractivity contribution in [3.05, 3.63) is 23.5 Å². The third kappa shape index (κ3) is 2.67. The molecule has 0 aromatic carbocycles. The summed E-state index contributed by atoms with van der Waals surface area (Å²) >= 11 is 0. The number of carboxylic acid groups (broad SMARTS) is 1. The minimum atomic E-state index is -0.934. The first kappa shape index (κ1) is 16.1. The van der Waals surface area contributed by atoms with E-state index in [-0.39, 0.29) is 11.9 Å². The molecule has 0 bridgehead atoms. The van der Waals surface area contributed by atoms with Crippen LogP contribution in [-0.2, 0) is 4.79 Å². The van der Waals surface area contributed by atoms with Gasteiger partial charge < -0.3 is 10.0 Å². The molecular formula is C18H22N4O3. The number of likely N-dealkylation sites (tertiary alicyclic amines) is 1. The third-order valence-electron chi connectivity index (χ3n) is 5.10. The number of aromatic nitrogens is 3. The molecule has 1 aliphatic carbocycles. The molecule has 25 heavy (non-hydrogen) atoms. The molecule has 1 amide bonds. The Labute approximate surface area is 145 Å². The fraction of sp³-hybridized carbons (Fsp3) is 0.556. The third-order valence-corrected chi connectivity index (χ3v) is 5.10. The molecule has 7 heteroatoms. The van der Waals surface area contributed by atoms with Gasteiger partial charge in [-0.2, -0.15) is 5.10 Å². The van der Waals surface area contributed by atoms with Crippen LogP contribution in [0.1, 0.15) is 67.5 Å². The van der Waals surface area contributed by atoms with Crippen molar-refractivity contribution in [1.29, 1.82) is 0 Å². The molecule has 0 spiro atoms. The number of hydrogen-bond acceptors (Lipinski definition) is 4. The minimum absolute atomic E-state index is 0.140. The zero-order chi connectivity index (χ0) is 17.7. The molecule has 2 aromatic rings. The van der Waals surface area contributed by atoms with Crippen LogP contribution in [0.25, 0.3) is 11.0 Å². The van der Waals surface area contributed by atoms with Gasteiger partial charge in [-0.1, -0.05) is 0 Å². The SMILES string of the molecule is CC(C)n1ncc2c(C(=O)N3CCC[C@@H]3C(=O)O)cc(C3CC3)nc21. The van der Waals surface area contributed by atoms with Gasteiger partial charge in [0.25, 0.3) is 5.91 Å². The topological polar surface area (TPSA) is 88.3 Å². The van der Waals surface area contributed by atoms with E-state index in [2.05, 4.69) is 5.10 Å². The van der Waals surface area contributed by atoms with Crippen molar-refractivity contribution in [3.63, 3.8) is 0 Å². The van der Waals surface area contributed by atoms with E-state index in [1.807, 2.05) is 24.6 Å². The highest BCUT2D eigenvalue weighted by atomic mass is 16.4. The van der Waals surface area contributed by atoms with Gasteiger partial charge in [-0.15, -0.1) is 0 Å². The number of fused-ring (bicyclic) bond motifs is 1. The maximum atomic E-state index is 13.1. The number of carbonyl (C=O) groups is 2. The fourth-order valence-corrected chi connectivity index (χ4v) is 3.60. The summed E-state index contributed by atoms with van der Waals surface area (Å²) in [6, 6.07) is 1.26. The normalized spacial score (nSPS) is 20.6. The van der Waals surface area contributed by atoms with Crippen LogP contribution in [0.5, 0.6) is 0 Å². The highest BCUT2D eigenvalue weighted by molar-refractivity contribution is 6.06. The second kappa shape index (κ2) is 5.82. The molecule has 1 N–H and O–H groups in total. The van der Waals surface area contributed by atoms with E-state index in [1.165, 1.54) is 4.90 Å². The van der Waals surface area contributed by atoms with Crippen molar-refractivity contribution in [3.8, 4) is 0 Å². The standard InChI is InChI=1S/C18H22N4O3/c1-10(2)22-16-13(9-19-22)12(8-14(20-16)11-5-6-11)17(23)21-7-3-4-15(21)18(24)25/h8-11,15H,3-7H2,1-2H3,(H,24,25)/t15-/m1/s1. The lowest BCUT2D eigenvalue weighted by atomic mass is 10.1. The average Bonchev–Trinajstić information content (AvgIpc) is 3.14. The Balaban J connectivity index is 1.83. The first-order valence-electron chi connectivity index (χ1n) is 8.89. The number of aliphatic carboxylic acids is 1. The Morgan fingerprint density at radius 3 is 2.68 bits per heavy atom. The molecule has 1 atom stereocenters. The number of rotatable bonds is 4. The first-order chi connectivity index (χ1) is 12.0. The molecule has 132 valence electrons. The number of carboxylic acids is 1. The van der Waals surface area contributed by atoms with Gasteiger partial charge in [-0.3, -0.25) is 4.79 Å². The van der Waals surface area contributed by atoms with Crippen molar-refractivity contribution in [2.45, 2.75) is 57.5 Å². The number of amides is 1. The van der Waals surface area contributed by atoms with Crippen molar-refractivity contribution in [2.24, 2.45) is 0 Å². The van der Waals surface area contributed by atoms with Crippen molar-refractivity contribution >= 4 is 22.9 Å². The van der Waals surface area contributed by atoms with E-state index in [4.69, 9.17) is 4.98 Å². The van der Waals surface area contributed by atoms with Gasteiger partial charge in [-0.05, 0) is 45.6 Å². The highest BCUT2D eigenvalue weighted by Gasteiger charge is 2.36. The van der Waals surface area contributed by atoms with E-state index in [9.17, 15) is 14.7 Å². The molecule has 7 nitrogen and oxygen atoms in total. The first-order valence-corrected chi connectivity index (χ1v) is 8.89. The Hall–Kier alpha value is -2.44. The van der Waals surface area contributed by atoms with Crippen LogP contribution in [0.3, 0.4) is 0 Å². The van der Waals surface area contributed by atoms with Crippen LogP contribution in [0, 0.1) is 0 Å². The lowest BCUT2D eigenvalue weighted by molar-refractivity contribution is -0.141.